The lowest BCUT2D eigenvalue weighted by atomic mass is 9.85. The fourth-order valence-corrected chi connectivity index (χ4v) is 1.46. The molecule has 0 aromatic heterocycles. The Bertz CT molecular complexity index is 722. The van der Waals surface area contributed by atoms with Crippen LogP contribution in [-0.2, 0) is 6.18 Å². The van der Waals surface area contributed by atoms with Gasteiger partial charge in [0.1, 0.15) is 0 Å². The summed E-state index contributed by atoms with van der Waals surface area (Å²) < 4.78 is 85.7. The topological polar surface area (TPSA) is 23.8 Å². The van der Waals surface area contributed by atoms with Crippen molar-refractivity contribution in [3.8, 4) is 6.07 Å². The summed E-state index contributed by atoms with van der Waals surface area (Å²) in [5.74, 6) is -4.94. The number of benzene rings is 1. The van der Waals surface area contributed by atoms with E-state index in [1.165, 1.54) is 6.07 Å². The van der Waals surface area contributed by atoms with E-state index < -0.39 is 36.3 Å². The average Bonchev–Trinajstić information content (AvgIpc) is 2.49. The molecule has 0 heterocycles. The number of hydrogen-bond donors (Lipinski definition) is 0. The number of hydrogen-bond acceptors (Lipinski definition) is 1. The van der Waals surface area contributed by atoms with Crippen LogP contribution in [0.15, 0.2) is 36.4 Å². The average molecular weight is 257 g/mol. The zero-order valence-electron chi connectivity index (χ0n) is 15.0. The molecule has 1 nitrogen and oxygen atoms in total. The number of nitriles is 1. The third-order valence-electron chi connectivity index (χ3n) is 2.39. The molecule has 0 aliphatic heterocycles. The summed E-state index contributed by atoms with van der Waals surface area (Å²) in [5.41, 5.74) is -1.19. The Hall–Kier alpha value is -1.76. The first-order valence-electron chi connectivity index (χ1n) is 8.02. The molecule has 1 aromatic rings. The lowest BCUT2D eigenvalue weighted by Gasteiger charge is -2.19. The minimum atomic E-state index is -4.60. The Kier molecular flexibility index (Phi) is 1.88. The number of nitrogens with zero attached hydrogens (tertiary/aromatic N) is 1. The quantitative estimate of drug-likeness (QED) is 0.689. The largest absolute Gasteiger partial charge is 0.416 e. The maximum absolute atomic E-state index is 12.6. The standard InChI is InChI=1S/C14H12F3N/c15-14(16,17)13-7-5-12(6-8-13)11-3-1-10(9-18)2-4-11/h1,3,5-8,10-11H,2,4H2/i2D2,4D2,10D,11D. The Morgan fingerprint density at radius 3 is 2.44 bits per heavy atom. The van der Waals surface area contributed by atoms with Gasteiger partial charge in [-0.25, -0.2) is 0 Å². The molecule has 0 bridgehead atoms. The summed E-state index contributed by atoms with van der Waals surface area (Å²) in [6.07, 6.45) is -9.06. The first-order chi connectivity index (χ1) is 10.7. The van der Waals surface area contributed by atoms with Crippen LogP contribution in [0, 0.1) is 17.2 Å². The highest BCUT2D eigenvalue weighted by Crippen LogP contribution is 2.33. The second-order valence-electron chi connectivity index (χ2n) is 3.60. The van der Waals surface area contributed by atoms with Gasteiger partial charge in [-0.2, -0.15) is 18.4 Å². The van der Waals surface area contributed by atoms with E-state index in [1.807, 2.05) is 0 Å². The molecule has 0 spiro atoms. The van der Waals surface area contributed by atoms with Crippen molar-refractivity contribution in [1.29, 1.82) is 5.26 Å². The normalized spacial score (nSPS) is 42.3. The zero-order valence-corrected chi connectivity index (χ0v) is 9.05. The van der Waals surface area contributed by atoms with Gasteiger partial charge in [-0.1, -0.05) is 24.3 Å². The van der Waals surface area contributed by atoms with Crippen LogP contribution < -0.4 is 0 Å². The Morgan fingerprint density at radius 2 is 1.89 bits per heavy atom. The van der Waals surface area contributed by atoms with Gasteiger partial charge in [0.25, 0.3) is 0 Å². The lowest BCUT2D eigenvalue weighted by Crippen LogP contribution is -2.08. The Balaban J connectivity index is 2.62. The molecule has 94 valence electrons. The monoisotopic (exact) mass is 257 g/mol. The Morgan fingerprint density at radius 1 is 1.22 bits per heavy atom. The molecule has 18 heavy (non-hydrogen) atoms. The first kappa shape index (κ1) is 6.98. The van der Waals surface area contributed by atoms with Gasteiger partial charge in [-0.3, -0.25) is 0 Å². The summed E-state index contributed by atoms with van der Waals surface area (Å²) in [4.78, 5) is 0. The first-order valence-corrected chi connectivity index (χ1v) is 5.02. The lowest BCUT2D eigenvalue weighted by molar-refractivity contribution is -0.137. The van der Waals surface area contributed by atoms with Gasteiger partial charge in [-0.15, -0.1) is 0 Å². The van der Waals surface area contributed by atoms with Gasteiger partial charge in [0, 0.05) is 12.7 Å². The van der Waals surface area contributed by atoms with Crippen molar-refractivity contribution in [2.45, 2.75) is 24.8 Å². The molecule has 4 heteroatoms. The van der Waals surface area contributed by atoms with E-state index in [9.17, 15) is 13.2 Å². The highest BCUT2D eigenvalue weighted by molar-refractivity contribution is 5.30. The van der Waals surface area contributed by atoms with Crippen molar-refractivity contribution in [2.24, 2.45) is 5.89 Å². The highest BCUT2D eigenvalue weighted by atomic mass is 19.4. The summed E-state index contributed by atoms with van der Waals surface area (Å²) in [5, 5.41) is 9.00. The van der Waals surface area contributed by atoms with Crippen LogP contribution in [0.3, 0.4) is 0 Å². The maximum atomic E-state index is 12.6. The predicted octanol–water partition coefficient (Wildman–Crippen LogP) is 4.28. The molecule has 2 rings (SSSR count). The van der Waals surface area contributed by atoms with Crippen molar-refractivity contribution in [3.63, 3.8) is 0 Å². The van der Waals surface area contributed by atoms with E-state index in [-0.39, 0.29) is 5.56 Å². The fraction of sp³-hybridized carbons (Fsp3) is 0.357. The molecule has 0 saturated carbocycles. The molecule has 1 aliphatic rings. The van der Waals surface area contributed by atoms with Crippen LogP contribution in [-0.4, -0.2) is 0 Å². The van der Waals surface area contributed by atoms with Gasteiger partial charge in [0.2, 0.25) is 0 Å². The predicted molar refractivity (Wildman–Crippen MR) is 61.7 cm³/mol. The van der Waals surface area contributed by atoms with E-state index in [1.54, 1.807) is 0 Å². The van der Waals surface area contributed by atoms with E-state index in [4.69, 9.17) is 13.5 Å². The molecule has 0 N–H and O–H groups in total. The van der Waals surface area contributed by atoms with Crippen LogP contribution in [0.1, 0.15) is 38.0 Å². The number of rotatable bonds is 1. The summed E-state index contributed by atoms with van der Waals surface area (Å²) in [7, 11) is 0. The van der Waals surface area contributed by atoms with Crippen LogP contribution in [0.4, 0.5) is 13.2 Å². The van der Waals surface area contributed by atoms with Crippen molar-refractivity contribution < 1.29 is 21.4 Å². The number of allylic oxidation sites excluding steroid dienone is 2. The third-order valence-corrected chi connectivity index (χ3v) is 2.39. The summed E-state index contributed by atoms with van der Waals surface area (Å²) in [6.45, 7) is 0. The molecule has 0 fully saturated rings. The molecule has 0 saturated heterocycles. The van der Waals surface area contributed by atoms with E-state index in [2.05, 4.69) is 0 Å². The summed E-state index contributed by atoms with van der Waals surface area (Å²) in [6, 6.07) is 4.53. The van der Waals surface area contributed by atoms with E-state index in [0.29, 0.717) is 12.1 Å². The second kappa shape index (κ2) is 4.85. The molecule has 2 atom stereocenters. The van der Waals surface area contributed by atoms with Crippen molar-refractivity contribution in [2.75, 3.05) is 0 Å². The third kappa shape index (κ3) is 2.73. The molecular weight excluding hydrogens is 239 g/mol. The van der Waals surface area contributed by atoms with Gasteiger partial charge in [-0.05, 0) is 30.4 Å². The van der Waals surface area contributed by atoms with Crippen LogP contribution in [0.2, 0.25) is 0 Å². The van der Waals surface area contributed by atoms with Crippen LogP contribution >= 0.6 is 0 Å². The highest BCUT2D eigenvalue weighted by Gasteiger charge is 2.30. The van der Waals surface area contributed by atoms with Gasteiger partial charge < -0.3 is 0 Å². The van der Waals surface area contributed by atoms with E-state index in [0.717, 1.165) is 24.3 Å². The van der Waals surface area contributed by atoms with Crippen molar-refractivity contribution in [3.05, 3.63) is 47.5 Å². The molecule has 2 unspecified atom stereocenters. The summed E-state index contributed by atoms with van der Waals surface area (Å²) >= 11 is 0. The van der Waals surface area contributed by atoms with Gasteiger partial charge in [0.15, 0.2) is 0 Å². The minimum Gasteiger partial charge on any atom is -0.198 e. The minimum absolute atomic E-state index is 0.208. The van der Waals surface area contributed by atoms with Crippen molar-refractivity contribution in [1.82, 2.24) is 0 Å². The number of alkyl halides is 3. The molecule has 1 aromatic carbocycles. The van der Waals surface area contributed by atoms with Gasteiger partial charge >= 0.3 is 6.18 Å². The molecule has 0 amide bonds. The second-order valence-corrected chi connectivity index (χ2v) is 3.60. The zero-order chi connectivity index (χ0) is 18.6. The molecule has 0 radical (unpaired) electrons. The maximum Gasteiger partial charge on any atom is 0.416 e. The smallest absolute Gasteiger partial charge is 0.198 e. The molecule has 1 aliphatic carbocycles. The van der Waals surface area contributed by atoms with E-state index >= 15 is 0 Å². The van der Waals surface area contributed by atoms with Crippen LogP contribution in [0.5, 0.6) is 0 Å². The van der Waals surface area contributed by atoms with Gasteiger partial charge in [0.05, 0.1) is 18.9 Å². The fourth-order valence-electron chi connectivity index (χ4n) is 1.46. The van der Waals surface area contributed by atoms with Crippen LogP contribution in [0.25, 0.3) is 0 Å². The van der Waals surface area contributed by atoms with Crippen molar-refractivity contribution >= 4 is 0 Å². The Labute approximate surface area is 112 Å². The molecular formula is C14H12F3N. The number of halogens is 3. The SMILES string of the molecule is [2H]C1(C#N)C=CC([2H])(c2ccc(C(F)(F)F)cc2)C([2H])([2H])C1([2H])[2H].